The van der Waals surface area contributed by atoms with Gasteiger partial charge in [0, 0.05) is 55.7 Å². The summed E-state index contributed by atoms with van der Waals surface area (Å²) in [6, 6.07) is 8.74. The first kappa shape index (κ1) is 18.9. The molecule has 0 unspecified atom stereocenters. The molecule has 1 fully saturated rings. The van der Waals surface area contributed by atoms with Crippen LogP contribution in [0.5, 0.6) is 0 Å². The van der Waals surface area contributed by atoms with Crippen LogP contribution in [-0.2, 0) is 17.6 Å². The number of fused-ring (bicyclic) bond motifs is 1. The van der Waals surface area contributed by atoms with E-state index in [-0.39, 0.29) is 11.7 Å². The van der Waals surface area contributed by atoms with Gasteiger partial charge in [0.15, 0.2) is 5.78 Å². The quantitative estimate of drug-likeness (QED) is 0.768. The Balaban J connectivity index is 1.51. The van der Waals surface area contributed by atoms with E-state index in [2.05, 4.69) is 34.6 Å². The Morgan fingerprint density at radius 2 is 1.68 bits per heavy atom. The molecule has 2 heterocycles. The van der Waals surface area contributed by atoms with Gasteiger partial charge in [0.05, 0.1) is 6.54 Å². The molecule has 2 aliphatic rings. The summed E-state index contributed by atoms with van der Waals surface area (Å²) in [5, 5.41) is 0. The van der Waals surface area contributed by atoms with Crippen LogP contribution in [0, 0.1) is 13.8 Å². The molecule has 5 heteroatoms. The number of nitrogens with zero attached hydrogens (tertiary/aromatic N) is 3. The van der Waals surface area contributed by atoms with E-state index in [9.17, 15) is 9.59 Å². The number of hydrogen-bond acceptors (Lipinski definition) is 3. The fraction of sp³-hybridized carbons (Fsp3) is 0.478. The van der Waals surface area contributed by atoms with Crippen molar-refractivity contribution in [2.75, 3.05) is 32.7 Å². The normalized spacial score (nSPS) is 17.0. The summed E-state index contributed by atoms with van der Waals surface area (Å²) >= 11 is 0. The Labute approximate surface area is 166 Å². The maximum atomic E-state index is 13.0. The highest BCUT2D eigenvalue weighted by atomic mass is 16.2. The molecule has 1 aliphatic heterocycles. The predicted molar refractivity (Wildman–Crippen MR) is 110 cm³/mol. The van der Waals surface area contributed by atoms with Crippen LogP contribution in [0.25, 0.3) is 5.69 Å². The third-order valence-electron chi connectivity index (χ3n) is 6.26. The van der Waals surface area contributed by atoms with Gasteiger partial charge < -0.3 is 9.47 Å². The number of aromatic nitrogens is 1. The highest BCUT2D eigenvalue weighted by Gasteiger charge is 2.23. The van der Waals surface area contributed by atoms with Gasteiger partial charge in [0.25, 0.3) is 0 Å². The summed E-state index contributed by atoms with van der Waals surface area (Å²) < 4.78 is 2.21. The summed E-state index contributed by atoms with van der Waals surface area (Å²) in [4.78, 5) is 28.5. The Morgan fingerprint density at radius 1 is 0.964 bits per heavy atom. The average molecular weight is 380 g/mol. The third-order valence-corrected chi connectivity index (χ3v) is 6.26. The van der Waals surface area contributed by atoms with Crippen LogP contribution in [0.3, 0.4) is 0 Å². The fourth-order valence-corrected chi connectivity index (χ4v) is 4.65. The number of hydrogen-bond donors (Lipinski definition) is 0. The SMILES string of the molecule is CC(=O)N1CCN(CC(=O)c2cc(C)n(-c3ccc4c(c3)CCC4)c2C)CC1. The van der Waals surface area contributed by atoms with E-state index in [0.717, 1.165) is 42.1 Å². The van der Waals surface area contributed by atoms with Crippen molar-refractivity contribution in [3.8, 4) is 5.69 Å². The number of rotatable bonds is 4. The number of carbonyl (C=O) groups is 2. The van der Waals surface area contributed by atoms with Gasteiger partial charge in [0.2, 0.25) is 5.91 Å². The van der Waals surface area contributed by atoms with Crippen molar-refractivity contribution in [1.29, 1.82) is 0 Å². The van der Waals surface area contributed by atoms with E-state index in [1.165, 1.54) is 24.0 Å². The molecule has 148 valence electrons. The van der Waals surface area contributed by atoms with Gasteiger partial charge in [0.1, 0.15) is 0 Å². The standard InChI is InChI=1S/C23H29N3O2/c1-16-13-22(23(28)15-24-9-11-25(12-10-24)18(3)27)17(2)26(16)21-8-7-19-5-4-6-20(19)14-21/h7-8,13-14H,4-6,9-12,15H2,1-3H3. The molecular weight excluding hydrogens is 350 g/mol. The largest absolute Gasteiger partial charge is 0.340 e. The highest BCUT2D eigenvalue weighted by Crippen LogP contribution is 2.27. The second-order valence-electron chi connectivity index (χ2n) is 8.13. The van der Waals surface area contributed by atoms with Gasteiger partial charge in [-0.05, 0) is 62.4 Å². The molecule has 1 aromatic carbocycles. The topological polar surface area (TPSA) is 45.6 Å². The van der Waals surface area contributed by atoms with Crippen molar-refractivity contribution >= 4 is 11.7 Å². The minimum absolute atomic E-state index is 0.115. The molecule has 1 saturated heterocycles. The van der Waals surface area contributed by atoms with E-state index in [4.69, 9.17) is 0 Å². The number of amides is 1. The first-order valence-electron chi connectivity index (χ1n) is 10.3. The molecule has 1 aromatic heterocycles. The Hall–Kier alpha value is -2.40. The maximum Gasteiger partial charge on any atom is 0.219 e. The zero-order valence-electron chi connectivity index (χ0n) is 17.1. The maximum absolute atomic E-state index is 13.0. The van der Waals surface area contributed by atoms with Crippen molar-refractivity contribution in [3.63, 3.8) is 0 Å². The number of ketones is 1. The van der Waals surface area contributed by atoms with Gasteiger partial charge in [-0.15, -0.1) is 0 Å². The molecule has 0 radical (unpaired) electrons. The van der Waals surface area contributed by atoms with Crippen LogP contribution in [0.4, 0.5) is 0 Å². The van der Waals surface area contributed by atoms with E-state index < -0.39 is 0 Å². The summed E-state index contributed by atoms with van der Waals surface area (Å²) in [5.41, 5.74) is 6.99. The first-order valence-corrected chi connectivity index (χ1v) is 10.3. The molecule has 0 atom stereocenters. The monoisotopic (exact) mass is 379 g/mol. The van der Waals surface area contributed by atoms with Crippen LogP contribution < -0.4 is 0 Å². The second kappa shape index (κ2) is 7.55. The predicted octanol–water partition coefficient (Wildman–Crippen LogP) is 2.93. The minimum atomic E-state index is 0.115. The lowest BCUT2D eigenvalue weighted by molar-refractivity contribution is -0.130. The molecule has 4 rings (SSSR count). The van der Waals surface area contributed by atoms with Crippen LogP contribution in [0.2, 0.25) is 0 Å². The number of carbonyl (C=O) groups excluding carboxylic acids is 2. The minimum Gasteiger partial charge on any atom is -0.340 e. The molecule has 0 saturated carbocycles. The molecular formula is C23H29N3O2. The van der Waals surface area contributed by atoms with Crippen molar-refractivity contribution in [2.24, 2.45) is 0 Å². The lowest BCUT2D eigenvalue weighted by Gasteiger charge is -2.33. The smallest absolute Gasteiger partial charge is 0.219 e. The van der Waals surface area contributed by atoms with Gasteiger partial charge in [-0.3, -0.25) is 14.5 Å². The third kappa shape index (κ3) is 3.51. The van der Waals surface area contributed by atoms with E-state index in [1.54, 1.807) is 6.92 Å². The summed E-state index contributed by atoms with van der Waals surface area (Å²) in [6.07, 6.45) is 3.57. The van der Waals surface area contributed by atoms with Gasteiger partial charge >= 0.3 is 0 Å². The Morgan fingerprint density at radius 3 is 2.39 bits per heavy atom. The fourth-order valence-electron chi connectivity index (χ4n) is 4.65. The lowest BCUT2D eigenvalue weighted by Crippen LogP contribution is -2.49. The molecule has 5 nitrogen and oxygen atoms in total. The average Bonchev–Trinajstić information content (AvgIpc) is 3.25. The summed E-state index contributed by atoms with van der Waals surface area (Å²) in [7, 11) is 0. The van der Waals surface area contributed by atoms with Gasteiger partial charge in [-0.25, -0.2) is 0 Å². The van der Waals surface area contributed by atoms with Crippen LogP contribution >= 0.6 is 0 Å². The van der Waals surface area contributed by atoms with Gasteiger partial charge in [-0.1, -0.05) is 6.07 Å². The molecule has 0 N–H and O–H groups in total. The number of benzene rings is 1. The van der Waals surface area contributed by atoms with E-state index >= 15 is 0 Å². The molecule has 1 amide bonds. The lowest BCUT2D eigenvalue weighted by atomic mass is 10.1. The Bertz CT molecular complexity index is 920. The number of aryl methyl sites for hydroxylation is 3. The number of piperazine rings is 1. The van der Waals surface area contributed by atoms with Gasteiger partial charge in [-0.2, -0.15) is 0 Å². The number of Topliss-reactive ketones (excluding diaryl/α,β-unsaturated/α-hetero) is 1. The highest BCUT2D eigenvalue weighted by molar-refractivity contribution is 5.99. The van der Waals surface area contributed by atoms with Crippen molar-refractivity contribution < 1.29 is 9.59 Å². The Kier molecular flexibility index (Phi) is 5.11. The zero-order chi connectivity index (χ0) is 19.8. The van der Waals surface area contributed by atoms with Crippen LogP contribution in [0.1, 0.15) is 46.2 Å². The molecule has 0 spiro atoms. The van der Waals surface area contributed by atoms with Crippen LogP contribution in [-0.4, -0.2) is 58.8 Å². The van der Waals surface area contributed by atoms with Crippen molar-refractivity contribution in [3.05, 3.63) is 52.3 Å². The molecule has 0 bridgehead atoms. The molecule has 28 heavy (non-hydrogen) atoms. The summed E-state index contributed by atoms with van der Waals surface area (Å²) in [5.74, 6) is 0.278. The zero-order valence-corrected chi connectivity index (χ0v) is 17.1. The van der Waals surface area contributed by atoms with Crippen molar-refractivity contribution in [1.82, 2.24) is 14.4 Å². The van der Waals surface area contributed by atoms with E-state index in [1.807, 2.05) is 17.9 Å². The van der Waals surface area contributed by atoms with Crippen LogP contribution in [0.15, 0.2) is 24.3 Å². The second-order valence-corrected chi connectivity index (χ2v) is 8.13. The van der Waals surface area contributed by atoms with Crippen molar-refractivity contribution in [2.45, 2.75) is 40.0 Å². The molecule has 1 aliphatic carbocycles. The molecule has 2 aromatic rings. The van der Waals surface area contributed by atoms with E-state index in [0.29, 0.717) is 19.6 Å². The summed E-state index contributed by atoms with van der Waals surface area (Å²) in [6.45, 7) is 9.07. The first-order chi connectivity index (χ1) is 13.4.